The van der Waals surface area contributed by atoms with Gasteiger partial charge in [0.15, 0.2) is 17.5 Å². The molecule has 3 aromatic rings. The number of hydrogen-bond acceptors (Lipinski definition) is 7. The monoisotopic (exact) mass is 429 g/mol. The maximum atomic E-state index is 13.3. The van der Waals surface area contributed by atoms with Gasteiger partial charge in [-0.3, -0.25) is 14.4 Å². The van der Waals surface area contributed by atoms with Crippen LogP contribution in [0.25, 0.3) is 22.2 Å². The van der Waals surface area contributed by atoms with Gasteiger partial charge in [0.1, 0.15) is 5.52 Å². The average molecular weight is 430 g/mol. The van der Waals surface area contributed by atoms with Crippen LogP contribution in [0.2, 0.25) is 0 Å². The number of rotatable bonds is 3. The molecule has 2 aromatic carbocycles. The fourth-order valence-corrected chi connectivity index (χ4v) is 3.88. The first-order chi connectivity index (χ1) is 13.0. The Morgan fingerprint density at radius 2 is 1.74 bits per heavy atom. The molecule has 1 aliphatic rings. The summed E-state index contributed by atoms with van der Waals surface area (Å²) in [7, 11) is 2.33. The summed E-state index contributed by atoms with van der Waals surface area (Å²) in [5, 5.41) is 4.49. The van der Waals surface area contributed by atoms with Gasteiger partial charge in [-0.05, 0) is 27.6 Å². The van der Waals surface area contributed by atoms with Crippen molar-refractivity contribution in [3.05, 3.63) is 51.5 Å². The predicted octanol–water partition coefficient (Wildman–Crippen LogP) is 3.23. The molecule has 1 heterocycles. The van der Waals surface area contributed by atoms with E-state index < -0.39 is 17.9 Å². The Kier molecular flexibility index (Phi) is 4.07. The van der Waals surface area contributed by atoms with Crippen molar-refractivity contribution in [3.63, 3.8) is 0 Å². The second-order valence-electron chi connectivity index (χ2n) is 5.91. The fourth-order valence-electron chi connectivity index (χ4n) is 3.36. The van der Waals surface area contributed by atoms with E-state index in [-0.39, 0.29) is 16.9 Å². The molecule has 27 heavy (non-hydrogen) atoms. The minimum atomic E-state index is -1.41. The van der Waals surface area contributed by atoms with Gasteiger partial charge in [0.25, 0.3) is 0 Å². The van der Waals surface area contributed by atoms with Crippen molar-refractivity contribution in [1.29, 1.82) is 0 Å². The molecule has 0 spiro atoms. The van der Waals surface area contributed by atoms with E-state index in [0.29, 0.717) is 32.3 Å². The number of aromatic nitrogens is 1. The summed E-state index contributed by atoms with van der Waals surface area (Å²) in [5.41, 5.74) is 1.80. The Morgan fingerprint density at radius 3 is 2.37 bits per heavy atom. The van der Waals surface area contributed by atoms with Crippen molar-refractivity contribution >= 4 is 44.6 Å². The third-order valence-electron chi connectivity index (χ3n) is 4.57. The molecule has 8 heteroatoms. The van der Waals surface area contributed by atoms with Crippen LogP contribution in [0.5, 0.6) is 0 Å². The van der Waals surface area contributed by atoms with Crippen molar-refractivity contribution < 1.29 is 28.4 Å². The first-order valence-electron chi connectivity index (χ1n) is 7.91. The molecule has 0 saturated carbocycles. The van der Waals surface area contributed by atoms with Crippen molar-refractivity contribution in [3.8, 4) is 11.3 Å². The lowest BCUT2D eigenvalue weighted by Gasteiger charge is -2.20. The number of ether oxygens (including phenoxy) is 2. The quantitative estimate of drug-likeness (QED) is 0.364. The van der Waals surface area contributed by atoms with Gasteiger partial charge in [-0.1, -0.05) is 29.4 Å². The molecular weight excluding hydrogens is 418 g/mol. The number of benzene rings is 2. The Hall–Kier alpha value is -3.00. The van der Waals surface area contributed by atoms with E-state index in [1.807, 2.05) is 0 Å². The number of esters is 2. The number of ketones is 1. The molecule has 0 bridgehead atoms. The van der Waals surface area contributed by atoms with E-state index in [1.54, 1.807) is 24.3 Å². The molecule has 0 aliphatic heterocycles. The number of carbonyl (C=O) groups excluding carboxylic acids is 3. The van der Waals surface area contributed by atoms with E-state index in [9.17, 15) is 14.4 Å². The van der Waals surface area contributed by atoms with Crippen molar-refractivity contribution in [2.24, 2.45) is 0 Å². The summed E-state index contributed by atoms with van der Waals surface area (Å²) in [6.07, 6.45) is 0. The second kappa shape index (κ2) is 6.31. The number of fused-ring (bicyclic) bond motifs is 2. The maximum absolute atomic E-state index is 13.3. The molecule has 1 aliphatic carbocycles. The topological polar surface area (TPSA) is 95.7 Å². The summed E-state index contributed by atoms with van der Waals surface area (Å²) >= 11 is 3.38. The molecule has 4 rings (SSSR count). The van der Waals surface area contributed by atoms with Gasteiger partial charge in [-0.15, -0.1) is 0 Å². The number of halogens is 1. The Labute approximate surface area is 161 Å². The van der Waals surface area contributed by atoms with Crippen LogP contribution in [0.3, 0.4) is 0 Å². The smallest absolute Gasteiger partial charge is 0.324 e. The minimum Gasteiger partial charge on any atom is -0.468 e. The van der Waals surface area contributed by atoms with Crippen LogP contribution >= 0.6 is 15.9 Å². The number of nitrogens with zero attached hydrogens (tertiary/aromatic N) is 1. The minimum absolute atomic E-state index is 0.178. The normalized spacial score (nSPS) is 12.2. The van der Waals surface area contributed by atoms with Crippen LogP contribution in [0.15, 0.2) is 39.3 Å². The summed E-state index contributed by atoms with van der Waals surface area (Å²) in [5.74, 6) is -2.98. The van der Waals surface area contributed by atoms with Crippen molar-refractivity contribution in [2.75, 3.05) is 14.2 Å². The number of methoxy groups -OCH3 is 2. The van der Waals surface area contributed by atoms with E-state index >= 15 is 0 Å². The van der Waals surface area contributed by atoms with Crippen molar-refractivity contribution in [1.82, 2.24) is 5.16 Å². The highest BCUT2D eigenvalue weighted by Crippen LogP contribution is 2.44. The summed E-state index contributed by atoms with van der Waals surface area (Å²) in [4.78, 5) is 37.9. The Balaban J connectivity index is 2.11. The van der Waals surface area contributed by atoms with Gasteiger partial charge in [-0.25, -0.2) is 0 Å². The van der Waals surface area contributed by atoms with Crippen LogP contribution < -0.4 is 0 Å². The molecule has 0 amide bonds. The number of carbonyl (C=O) groups is 3. The standard InChI is InChI=1S/C19H12BrNO6/c1-25-18(23)13(19(24)26-2)10-7-11(20)15-14-12(10)16(22)8-5-3-4-6-9(8)17(14)27-21-15/h3-7,13H,1-2H3. The first kappa shape index (κ1) is 17.4. The third-order valence-corrected chi connectivity index (χ3v) is 5.17. The Morgan fingerprint density at radius 1 is 1.11 bits per heavy atom. The van der Waals surface area contributed by atoms with E-state index in [0.717, 1.165) is 0 Å². The van der Waals surface area contributed by atoms with Gasteiger partial charge in [0, 0.05) is 21.2 Å². The van der Waals surface area contributed by atoms with Gasteiger partial charge in [0.05, 0.1) is 19.6 Å². The van der Waals surface area contributed by atoms with Gasteiger partial charge in [0.2, 0.25) is 0 Å². The van der Waals surface area contributed by atoms with Crippen LogP contribution in [0.4, 0.5) is 0 Å². The van der Waals surface area contributed by atoms with Gasteiger partial charge >= 0.3 is 11.9 Å². The van der Waals surface area contributed by atoms with Gasteiger partial charge < -0.3 is 14.0 Å². The molecule has 7 nitrogen and oxygen atoms in total. The van der Waals surface area contributed by atoms with Crippen LogP contribution in [0, 0.1) is 0 Å². The van der Waals surface area contributed by atoms with Gasteiger partial charge in [-0.2, -0.15) is 0 Å². The van der Waals surface area contributed by atoms with Crippen LogP contribution in [0.1, 0.15) is 27.4 Å². The van der Waals surface area contributed by atoms with E-state index in [4.69, 9.17) is 14.0 Å². The maximum Gasteiger partial charge on any atom is 0.324 e. The molecular formula is C19H12BrNO6. The summed E-state index contributed by atoms with van der Waals surface area (Å²) in [6.45, 7) is 0. The molecule has 1 aromatic heterocycles. The highest BCUT2D eigenvalue weighted by atomic mass is 79.9. The number of hydrogen-bond donors (Lipinski definition) is 0. The summed E-state index contributed by atoms with van der Waals surface area (Å²) in [6, 6.07) is 8.44. The fraction of sp³-hybridized carbons (Fsp3) is 0.158. The Bertz CT molecular complexity index is 1120. The molecule has 0 radical (unpaired) electrons. The lowest BCUT2D eigenvalue weighted by Crippen LogP contribution is -2.27. The lowest BCUT2D eigenvalue weighted by molar-refractivity contribution is -0.154. The molecule has 0 fully saturated rings. The van der Waals surface area contributed by atoms with Crippen LogP contribution in [-0.4, -0.2) is 37.1 Å². The lowest BCUT2D eigenvalue weighted by atomic mass is 9.82. The van der Waals surface area contributed by atoms with Crippen molar-refractivity contribution in [2.45, 2.75) is 5.92 Å². The highest BCUT2D eigenvalue weighted by Gasteiger charge is 2.39. The molecule has 0 saturated heterocycles. The molecule has 0 N–H and O–H groups in total. The highest BCUT2D eigenvalue weighted by molar-refractivity contribution is 9.10. The molecule has 0 atom stereocenters. The van der Waals surface area contributed by atoms with Crippen LogP contribution in [-0.2, 0) is 19.1 Å². The SMILES string of the molecule is COC(=O)C(C(=O)OC)c1cc(Br)c2noc3c2c1C(=O)c1ccccc1-3. The molecule has 0 unspecified atom stereocenters. The summed E-state index contributed by atoms with van der Waals surface area (Å²) < 4.78 is 15.5. The third kappa shape index (κ3) is 2.40. The zero-order valence-electron chi connectivity index (χ0n) is 14.2. The molecule has 136 valence electrons. The van der Waals surface area contributed by atoms with E-state index in [1.165, 1.54) is 20.3 Å². The predicted molar refractivity (Wildman–Crippen MR) is 97.4 cm³/mol. The first-order valence-corrected chi connectivity index (χ1v) is 8.70. The second-order valence-corrected chi connectivity index (χ2v) is 6.77. The average Bonchev–Trinajstić information content (AvgIpc) is 3.13. The zero-order valence-corrected chi connectivity index (χ0v) is 15.8. The van der Waals surface area contributed by atoms with E-state index in [2.05, 4.69) is 21.1 Å². The largest absolute Gasteiger partial charge is 0.468 e. The zero-order chi connectivity index (χ0) is 19.3.